The second-order valence-electron chi connectivity index (χ2n) is 7.12. The van der Waals surface area contributed by atoms with Crippen molar-refractivity contribution in [2.75, 3.05) is 0 Å². The van der Waals surface area contributed by atoms with Crippen LogP contribution in [0, 0.1) is 11.3 Å². The zero-order chi connectivity index (χ0) is 21.3. The molecular formula is C21H16BrClN4O3. The minimum atomic E-state index is -0.978. The highest BCUT2D eigenvalue weighted by atomic mass is 79.9. The van der Waals surface area contributed by atoms with Crippen molar-refractivity contribution in [1.82, 2.24) is 15.6 Å². The van der Waals surface area contributed by atoms with Gasteiger partial charge in [0.15, 0.2) is 11.5 Å². The molecule has 0 spiro atoms. The minimum Gasteiger partial charge on any atom is -0.439 e. The standard InChI is InChI=1S/C21H16BrClN4O3/c22-14-5-2-6-15-18(14)30-17(25-15)10-16(20(29)27-21(11-24)7-8-21)26-19(28)12-3-1-4-13(23)9-12/h1-6,9,16H,7-8,10H2,(H,26,28)(H,27,29)/t16-/m0/s1. The number of para-hydroxylation sites is 1. The summed E-state index contributed by atoms with van der Waals surface area (Å²) in [5, 5.41) is 15.1. The molecule has 0 radical (unpaired) electrons. The van der Waals surface area contributed by atoms with Gasteiger partial charge in [-0.1, -0.05) is 23.7 Å². The molecule has 9 heteroatoms. The van der Waals surface area contributed by atoms with Gasteiger partial charge < -0.3 is 15.1 Å². The Labute approximate surface area is 185 Å². The van der Waals surface area contributed by atoms with Crippen LogP contribution in [0.3, 0.4) is 0 Å². The van der Waals surface area contributed by atoms with E-state index in [4.69, 9.17) is 16.0 Å². The smallest absolute Gasteiger partial charge is 0.251 e. The van der Waals surface area contributed by atoms with Gasteiger partial charge in [0.2, 0.25) is 5.91 Å². The molecule has 7 nitrogen and oxygen atoms in total. The quantitative estimate of drug-likeness (QED) is 0.550. The normalized spacial score (nSPS) is 15.2. The first kappa shape index (κ1) is 20.4. The summed E-state index contributed by atoms with van der Waals surface area (Å²) in [5.74, 6) is -0.632. The van der Waals surface area contributed by atoms with E-state index < -0.39 is 23.4 Å². The Kier molecular flexibility index (Phi) is 5.50. The second kappa shape index (κ2) is 8.09. The van der Waals surface area contributed by atoms with E-state index >= 15 is 0 Å². The number of oxazole rings is 1. The molecule has 2 amide bonds. The summed E-state index contributed by atoms with van der Waals surface area (Å²) >= 11 is 9.38. The zero-order valence-electron chi connectivity index (χ0n) is 15.6. The van der Waals surface area contributed by atoms with Crippen LogP contribution in [0.1, 0.15) is 29.1 Å². The first-order chi connectivity index (χ1) is 14.4. The topological polar surface area (TPSA) is 108 Å². The molecule has 1 fully saturated rings. The average Bonchev–Trinajstić information content (AvgIpc) is 3.37. The van der Waals surface area contributed by atoms with Crippen LogP contribution in [-0.4, -0.2) is 28.4 Å². The number of hydrogen-bond acceptors (Lipinski definition) is 5. The summed E-state index contributed by atoms with van der Waals surface area (Å²) in [7, 11) is 0. The van der Waals surface area contributed by atoms with Gasteiger partial charge in [0.05, 0.1) is 17.0 Å². The lowest BCUT2D eigenvalue weighted by Crippen LogP contribution is -2.51. The number of carbonyl (C=O) groups excluding carboxylic acids is 2. The lowest BCUT2D eigenvalue weighted by molar-refractivity contribution is -0.123. The number of nitrogens with zero attached hydrogens (tertiary/aromatic N) is 2. The zero-order valence-corrected chi connectivity index (χ0v) is 18.0. The van der Waals surface area contributed by atoms with Crippen molar-refractivity contribution in [3.8, 4) is 6.07 Å². The SMILES string of the molecule is N#CC1(NC(=O)[C@H](Cc2nc3cccc(Br)c3o2)NC(=O)c2cccc(Cl)c2)CC1. The predicted octanol–water partition coefficient (Wildman–Crippen LogP) is 3.76. The first-order valence-electron chi connectivity index (χ1n) is 9.23. The van der Waals surface area contributed by atoms with Gasteiger partial charge in [0.1, 0.15) is 17.1 Å². The third kappa shape index (κ3) is 4.32. The van der Waals surface area contributed by atoms with E-state index in [1.54, 1.807) is 24.3 Å². The van der Waals surface area contributed by atoms with Gasteiger partial charge >= 0.3 is 0 Å². The van der Waals surface area contributed by atoms with Crippen LogP contribution in [0.5, 0.6) is 0 Å². The third-order valence-corrected chi connectivity index (χ3v) is 5.68. The van der Waals surface area contributed by atoms with Gasteiger partial charge in [-0.3, -0.25) is 9.59 Å². The fraction of sp³-hybridized carbons (Fsp3) is 0.238. The fourth-order valence-corrected chi connectivity index (χ4v) is 3.64. The molecule has 152 valence electrons. The predicted molar refractivity (Wildman–Crippen MR) is 114 cm³/mol. The van der Waals surface area contributed by atoms with Crippen LogP contribution >= 0.6 is 27.5 Å². The van der Waals surface area contributed by atoms with Crippen molar-refractivity contribution in [3.63, 3.8) is 0 Å². The average molecular weight is 488 g/mol. The molecule has 1 aliphatic rings. The van der Waals surface area contributed by atoms with Crippen molar-refractivity contribution in [1.29, 1.82) is 5.26 Å². The summed E-state index contributed by atoms with van der Waals surface area (Å²) in [6, 6.07) is 13.0. The maximum atomic E-state index is 12.9. The van der Waals surface area contributed by atoms with Crippen LogP contribution in [0.15, 0.2) is 51.4 Å². The van der Waals surface area contributed by atoms with Gasteiger partial charge in [-0.15, -0.1) is 0 Å². The molecule has 0 saturated heterocycles. The molecule has 2 N–H and O–H groups in total. The number of nitrogens with one attached hydrogen (secondary N) is 2. The van der Waals surface area contributed by atoms with E-state index in [2.05, 4.69) is 37.6 Å². The van der Waals surface area contributed by atoms with Crippen molar-refractivity contribution < 1.29 is 14.0 Å². The molecular weight excluding hydrogens is 472 g/mol. The molecule has 0 unspecified atom stereocenters. The van der Waals surface area contributed by atoms with Gasteiger partial charge in [-0.25, -0.2) is 4.98 Å². The number of fused-ring (bicyclic) bond motifs is 1. The molecule has 30 heavy (non-hydrogen) atoms. The first-order valence-corrected chi connectivity index (χ1v) is 10.4. The second-order valence-corrected chi connectivity index (χ2v) is 8.41. The molecule has 1 aromatic heterocycles. The monoisotopic (exact) mass is 486 g/mol. The number of carbonyl (C=O) groups is 2. The molecule has 4 rings (SSSR count). The number of hydrogen-bond donors (Lipinski definition) is 2. The molecule has 0 bridgehead atoms. The largest absolute Gasteiger partial charge is 0.439 e. The maximum Gasteiger partial charge on any atom is 0.251 e. The van der Waals surface area contributed by atoms with E-state index in [0.29, 0.717) is 40.4 Å². The van der Waals surface area contributed by atoms with Gasteiger partial charge in [0.25, 0.3) is 5.91 Å². The lowest BCUT2D eigenvalue weighted by atomic mass is 10.1. The fourth-order valence-electron chi connectivity index (χ4n) is 3.02. The van der Waals surface area contributed by atoms with Gasteiger partial charge in [-0.05, 0) is 59.1 Å². The van der Waals surface area contributed by atoms with E-state index in [1.165, 1.54) is 6.07 Å². The van der Waals surface area contributed by atoms with Crippen LogP contribution in [0.4, 0.5) is 0 Å². The molecule has 3 aromatic rings. The van der Waals surface area contributed by atoms with E-state index in [-0.39, 0.29) is 6.42 Å². The summed E-state index contributed by atoms with van der Waals surface area (Å²) in [6.45, 7) is 0. The number of amides is 2. The number of nitriles is 1. The molecule has 1 aliphatic carbocycles. The van der Waals surface area contributed by atoms with Crippen molar-refractivity contribution in [2.45, 2.75) is 30.8 Å². The molecule has 2 aromatic carbocycles. The Balaban J connectivity index is 1.59. The number of rotatable bonds is 6. The lowest BCUT2D eigenvalue weighted by Gasteiger charge is -2.19. The summed E-state index contributed by atoms with van der Waals surface area (Å²) < 4.78 is 6.52. The van der Waals surface area contributed by atoms with E-state index in [9.17, 15) is 14.9 Å². The summed E-state index contributed by atoms with van der Waals surface area (Å²) in [6.07, 6.45) is 1.20. The highest BCUT2D eigenvalue weighted by Gasteiger charge is 2.45. The number of benzene rings is 2. The number of halogens is 2. The van der Waals surface area contributed by atoms with Crippen molar-refractivity contribution in [2.24, 2.45) is 0 Å². The van der Waals surface area contributed by atoms with Gasteiger partial charge in [-0.2, -0.15) is 5.26 Å². The van der Waals surface area contributed by atoms with Gasteiger partial charge in [0, 0.05) is 10.6 Å². The van der Waals surface area contributed by atoms with E-state index in [0.717, 1.165) is 4.47 Å². The third-order valence-electron chi connectivity index (χ3n) is 4.83. The van der Waals surface area contributed by atoms with Crippen molar-refractivity contribution in [3.05, 3.63) is 63.4 Å². The summed E-state index contributed by atoms with van der Waals surface area (Å²) in [5.41, 5.74) is 0.654. The molecule has 0 aliphatic heterocycles. The maximum absolute atomic E-state index is 12.9. The Morgan fingerprint density at radius 1 is 1.30 bits per heavy atom. The molecule has 1 atom stereocenters. The Hall–Kier alpha value is -2.89. The van der Waals surface area contributed by atoms with E-state index in [1.807, 2.05) is 12.1 Å². The highest BCUT2D eigenvalue weighted by molar-refractivity contribution is 9.10. The molecule has 1 heterocycles. The minimum absolute atomic E-state index is 0.0285. The van der Waals surface area contributed by atoms with Crippen LogP contribution in [-0.2, 0) is 11.2 Å². The Morgan fingerprint density at radius 2 is 2.07 bits per heavy atom. The van der Waals surface area contributed by atoms with Crippen LogP contribution in [0.25, 0.3) is 11.1 Å². The van der Waals surface area contributed by atoms with Crippen molar-refractivity contribution >= 4 is 50.4 Å². The highest BCUT2D eigenvalue weighted by Crippen LogP contribution is 2.34. The Bertz CT molecular complexity index is 1180. The Morgan fingerprint density at radius 3 is 2.73 bits per heavy atom. The molecule has 1 saturated carbocycles. The van der Waals surface area contributed by atoms with Crippen LogP contribution < -0.4 is 10.6 Å². The number of aromatic nitrogens is 1. The summed E-state index contributed by atoms with van der Waals surface area (Å²) in [4.78, 5) is 30.0. The van der Waals surface area contributed by atoms with Crippen LogP contribution in [0.2, 0.25) is 5.02 Å².